The van der Waals surface area contributed by atoms with Gasteiger partial charge in [0.15, 0.2) is 0 Å². The van der Waals surface area contributed by atoms with Gasteiger partial charge in [0.1, 0.15) is 0 Å². The Bertz CT molecular complexity index is 236. The molecule has 100 valence electrons. The van der Waals surface area contributed by atoms with Gasteiger partial charge in [-0.3, -0.25) is 4.79 Å². The van der Waals surface area contributed by atoms with Gasteiger partial charge in [-0.2, -0.15) is 0 Å². The Kier molecular flexibility index (Phi) is 5.96. The first kappa shape index (κ1) is 14.5. The van der Waals surface area contributed by atoms with Crippen LogP contribution in [-0.4, -0.2) is 29.9 Å². The van der Waals surface area contributed by atoms with Gasteiger partial charge < -0.3 is 10.6 Å². The number of rotatable bonds is 5. The van der Waals surface area contributed by atoms with Crippen LogP contribution in [0.5, 0.6) is 0 Å². The highest BCUT2D eigenvalue weighted by Gasteiger charge is 2.31. The normalized spacial score (nSPS) is 29.1. The number of carbonyl (C=O) groups is 1. The smallest absolute Gasteiger partial charge is 0.225 e. The third-order valence-corrected chi connectivity index (χ3v) is 3.88. The van der Waals surface area contributed by atoms with Gasteiger partial charge >= 0.3 is 0 Å². The average Bonchev–Trinajstić information content (AvgIpc) is 2.31. The lowest BCUT2D eigenvalue weighted by Gasteiger charge is -2.34. The van der Waals surface area contributed by atoms with E-state index in [-0.39, 0.29) is 5.92 Å². The molecule has 1 aliphatic rings. The molecule has 3 atom stereocenters. The molecule has 3 nitrogen and oxygen atoms in total. The molecule has 2 N–H and O–H groups in total. The third-order valence-electron chi connectivity index (χ3n) is 3.88. The summed E-state index contributed by atoms with van der Waals surface area (Å²) < 4.78 is 0. The Balaban J connectivity index is 2.55. The molecule has 0 heterocycles. The number of hydrogen-bond acceptors (Lipinski definition) is 2. The Morgan fingerprint density at radius 1 is 1.24 bits per heavy atom. The highest BCUT2D eigenvalue weighted by Crippen LogP contribution is 2.29. The third kappa shape index (κ3) is 3.98. The molecule has 1 aliphatic carbocycles. The maximum absolute atomic E-state index is 12.4. The minimum atomic E-state index is 0.225. The van der Waals surface area contributed by atoms with E-state index >= 15 is 0 Å². The van der Waals surface area contributed by atoms with Crippen LogP contribution in [0.3, 0.4) is 0 Å². The molecule has 3 heteroatoms. The Labute approximate surface area is 106 Å². The van der Waals surface area contributed by atoms with Crippen LogP contribution >= 0.6 is 0 Å². The second-order valence-corrected chi connectivity index (χ2v) is 5.48. The molecule has 17 heavy (non-hydrogen) atoms. The first-order valence-corrected chi connectivity index (χ1v) is 7.14. The molecule has 1 fully saturated rings. The van der Waals surface area contributed by atoms with Gasteiger partial charge in [0.05, 0.1) is 0 Å². The molecule has 0 radical (unpaired) electrons. The molecule has 0 aromatic heterocycles. The summed E-state index contributed by atoms with van der Waals surface area (Å²) >= 11 is 0. The number of amides is 1. The fourth-order valence-electron chi connectivity index (χ4n) is 2.77. The molecular weight excluding hydrogens is 212 g/mol. The van der Waals surface area contributed by atoms with Gasteiger partial charge in [-0.05, 0) is 38.0 Å². The van der Waals surface area contributed by atoms with Crippen molar-refractivity contribution in [3.05, 3.63) is 0 Å². The molecule has 0 bridgehead atoms. The first-order valence-electron chi connectivity index (χ1n) is 7.14. The lowest BCUT2D eigenvalue weighted by atomic mass is 9.78. The van der Waals surface area contributed by atoms with Gasteiger partial charge in [-0.15, -0.1) is 0 Å². The molecule has 1 rings (SSSR count). The Morgan fingerprint density at radius 3 is 2.29 bits per heavy atom. The van der Waals surface area contributed by atoms with Crippen molar-refractivity contribution < 1.29 is 4.79 Å². The topological polar surface area (TPSA) is 46.3 Å². The first-order chi connectivity index (χ1) is 8.10. The van der Waals surface area contributed by atoms with Gasteiger partial charge in [-0.1, -0.05) is 20.8 Å². The van der Waals surface area contributed by atoms with Crippen LogP contribution in [0.1, 0.15) is 52.9 Å². The van der Waals surface area contributed by atoms with E-state index in [0.29, 0.717) is 17.9 Å². The predicted molar refractivity (Wildman–Crippen MR) is 71.6 cm³/mol. The van der Waals surface area contributed by atoms with E-state index in [1.165, 1.54) is 0 Å². The van der Waals surface area contributed by atoms with Gasteiger partial charge in [0.2, 0.25) is 5.91 Å². The van der Waals surface area contributed by atoms with Crippen molar-refractivity contribution in [2.24, 2.45) is 17.6 Å². The van der Waals surface area contributed by atoms with E-state index in [9.17, 15) is 4.79 Å². The van der Waals surface area contributed by atoms with Crippen LogP contribution < -0.4 is 5.73 Å². The van der Waals surface area contributed by atoms with E-state index < -0.39 is 0 Å². The van der Waals surface area contributed by atoms with E-state index in [4.69, 9.17) is 5.73 Å². The molecular formula is C14H28N2O. The van der Waals surface area contributed by atoms with Crippen LogP contribution in [0.25, 0.3) is 0 Å². The molecule has 0 aromatic rings. The second-order valence-electron chi connectivity index (χ2n) is 5.48. The van der Waals surface area contributed by atoms with Crippen molar-refractivity contribution >= 4 is 5.91 Å². The summed E-state index contributed by atoms with van der Waals surface area (Å²) in [4.78, 5) is 14.5. The number of carbonyl (C=O) groups excluding carboxylic acids is 1. The van der Waals surface area contributed by atoms with Gasteiger partial charge in [-0.25, -0.2) is 0 Å². The lowest BCUT2D eigenvalue weighted by Crippen LogP contribution is -2.43. The number of nitrogens with zero attached hydrogens (tertiary/aromatic N) is 1. The van der Waals surface area contributed by atoms with Crippen molar-refractivity contribution in [2.45, 2.75) is 58.9 Å². The van der Waals surface area contributed by atoms with Crippen LogP contribution in [0.2, 0.25) is 0 Å². The Hall–Kier alpha value is -0.570. The molecule has 3 unspecified atom stereocenters. The summed E-state index contributed by atoms with van der Waals surface area (Å²) in [7, 11) is 0. The molecule has 0 aliphatic heterocycles. The highest BCUT2D eigenvalue weighted by molar-refractivity contribution is 5.79. The Morgan fingerprint density at radius 2 is 1.82 bits per heavy atom. The zero-order chi connectivity index (χ0) is 12.8. The minimum absolute atomic E-state index is 0.225. The van der Waals surface area contributed by atoms with Gasteiger partial charge in [0, 0.05) is 25.0 Å². The summed E-state index contributed by atoms with van der Waals surface area (Å²) in [6.45, 7) is 8.26. The summed E-state index contributed by atoms with van der Waals surface area (Å²) in [6, 6.07) is 0.296. The number of nitrogens with two attached hydrogens (primary N) is 1. The monoisotopic (exact) mass is 240 g/mol. The molecule has 1 amide bonds. The maximum atomic E-state index is 12.4. The second kappa shape index (κ2) is 7.00. The highest BCUT2D eigenvalue weighted by atomic mass is 16.2. The summed E-state index contributed by atoms with van der Waals surface area (Å²) in [6.07, 6.45) is 5.06. The summed E-state index contributed by atoms with van der Waals surface area (Å²) in [5.74, 6) is 1.08. The quantitative estimate of drug-likeness (QED) is 0.802. The fraction of sp³-hybridized carbons (Fsp3) is 0.929. The molecule has 0 spiro atoms. The van der Waals surface area contributed by atoms with Crippen molar-refractivity contribution in [1.29, 1.82) is 0 Å². The molecule has 1 saturated carbocycles. The zero-order valence-corrected chi connectivity index (χ0v) is 11.6. The largest absolute Gasteiger partial charge is 0.342 e. The fourth-order valence-corrected chi connectivity index (χ4v) is 2.77. The van der Waals surface area contributed by atoms with Crippen molar-refractivity contribution in [2.75, 3.05) is 13.1 Å². The lowest BCUT2D eigenvalue weighted by molar-refractivity contribution is -0.137. The van der Waals surface area contributed by atoms with Crippen molar-refractivity contribution in [3.8, 4) is 0 Å². The van der Waals surface area contributed by atoms with E-state index in [1.54, 1.807) is 0 Å². The number of hydrogen-bond donors (Lipinski definition) is 1. The average molecular weight is 240 g/mol. The van der Waals surface area contributed by atoms with Crippen molar-refractivity contribution in [3.63, 3.8) is 0 Å². The predicted octanol–water partition coefficient (Wildman–Crippen LogP) is 2.40. The van der Waals surface area contributed by atoms with E-state index in [2.05, 4.69) is 20.8 Å². The SMILES string of the molecule is CCCN(CCC)C(=O)C1CCC(N)C(C)C1. The van der Waals surface area contributed by atoms with E-state index in [0.717, 1.165) is 45.2 Å². The van der Waals surface area contributed by atoms with Crippen LogP contribution in [0.15, 0.2) is 0 Å². The summed E-state index contributed by atoms with van der Waals surface area (Å²) in [5, 5.41) is 0. The zero-order valence-electron chi connectivity index (χ0n) is 11.6. The standard InChI is InChI=1S/C14H28N2O/c1-4-8-16(9-5-2)14(17)12-6-7-13(15)11(3)10-12/h11-13H,4-10,15H2,1-3H3. The minimum Gasteiger partial charge on any atom is -0.342 e. The van der Waals surface area contributed by atoms with Crippen LogP contribution in [-0.2, 0) is 4.79 Å². The molecule has 0 aromatic carbocycles. The summed E-state index contributed by atoms with van der Waals surface area (Å²) in [5.41, 5.74) is 6.01. The van der Waals surface area contributed by atoms with Gasteiger partial charge in [0.25, 0.3) is 0 Å². The van der Waals surface area contributed by atoms with Crippen LogP contribution in [0.4, 0.5) is 0 Å². The molecule has 0 saturated heterocycles. The maximum Gasteiger partial charge on any atom is 0.225 e. The van der Waals surface area contributed by atoms with Crippen molar-refractivity contribution in [1.82, 2.24) is 4.90 Å². The van der Waals surface area contributed by atoms with E-state index in [1.807, 2.05) is 4.90 Å². The van der Waals surface area contributed by atoms with Crippen LogP contribution in [0, 0.1) is 11.8 Å².